The molecule has 1 aliphatic heterocycles. The number of rotatable bonds is 4. The third-order valence-electron chi connectivity index (χ3n) is 3.51. The highest BCUT2D eigenvalue weighted by atomic mass is 32.2. The molecule has 2 aromatic rings. The fraction of sp³-hybridized carbons (Fsp3) is 0.294. The van der Waals surface area contributed by atoms with E-state index >= 15 is 0 Å². The molecule has 0 aliphatic carbocycles. The molecule has 1 unspecified atom stereocenters. The van der Waals surface area contributed by atoms with Gasteiger partial charge in [-0.15, -0.1) is 11.8 Å². The van der Waals surface area contributed by atoms with Gasteiger partial charge in [-0.3, -0.25) is 0 Å². The minimum Gasteiger partial charge on any atom is -0.494 e. The topological polar surface area (TPSA) is 21.3 Å². The van der Waals surface area contributed by atoms with Crippen LogP contribution < -0.4 is 10.1 Å². The van der Waals surface area contributed by atoms with Crippen LogP contribution in [0.15, 0.2) is 47.4 Å². The first-order valence-corrected chi connectivity index (χ1v) is 8.17. The Labute approximate surface area is 128 Å². The maximum atomic E-state index is 13.9. The Balaban J connectivity index is 1.83. The van der Waals surface area contributed by atoms with Gasteiger partial charge in [-0.25, -0.2) is 4.39 Å². The molecule has 110 valence electrons. The molecule has 1 aliphatic rings. The van der Waals surface area contributed by atoms with Crippen LogP contribution in [-0.2, 0) is 0 Å². The third-order valence-corrected chi connectivity index (χ3v) is 4.67. The number of hydrogen-bond donors (Lipinski definition) is 1. The zero-order chi connectivity index (χ0) is 14.7. The maximum absolute atomic E-state index is 13.9. The summed E-state index contributed by atoms with van der Waals surface area (Å²) in [6, 6.07) is 13.4. The van der Waals surface area contributed by atoms with Crippen molar-refractivity contribution in [2.45, 2.75) is 24.3 Å². The molecule has 0 saturated carbocycles. The molecule has 0 amide bonds. The van der Waals surface area contributed by atoms with Crippen LogP contribution in [0.25, 0.3) is 0 Å². The van der Waals surface area contributed by atoms with Crippen LogP contribution in [0, 0.1) is 5.82 Å². The van der Waals surface area contributed by atoms with E-state index in [4.69, 9.17) is 4.74 Å². The molecular formula is C17H18FNOS. The summed E-state index contributed by atoms with van der Waals surface area (Å²) in [6.45, 7) is 2.62. The van der Waals surface area contributed by atoms with E-state index in [2.05, 4.69) is 5.32 Å². The largest absolute Gasteiger partial charge is 0.494 e. The molecule has 0 aromatic heterocycles. The molecule has 0 spiro atoms. The Hall–Kier alpha value is -1.68. The summed E-state index contributed by atoms with van der Waals surface area (Å²) in [7, 11) is 0. The second-order valence-electron chi connectivity index (χ2n) is 4.95. The van der Waals surface area contributed by atoms with Gasteiger partial charge < -0.3 is 10.1 Å². The van der Waals surface area contributed by atoms with Crippen LogP contribution >= 0.6 is 11.8 Å². The Bertz CT molecular complexity index is 632. The Kier molecular flexibility index (Phi) is 4.34. The summed E-state index contributed by atoms with van der Waals surface area (Å²) in [6.07, 6.45) is 0.986. The van der Waals surface area contributed by atoms with Gasteiger partial charge in [0.25, 0.3) is 0 Å². The van der Waals surface area contributed by atoms with Gasteiger partial charge >= 0.3 is 0 Å². The number of ether oxygens (including phenoxy) is 1. The molecule has 21 heavy (non-hydrogen) atoms. The molecule has 0 saturated heterocycles. The van der Waals surface area contributed by atoms with Gasteiger partial charge in [-0.2, -0.15) is 0 Å². The van der Waals surface area contributed by atoms with Gasteiger partial charge in [0, 0.05) is 22.4 Å². The van der Waals surface area contributed by atoms with E-state index in [-0.39, 0.29) is 11.9 Å². The van der Waals surface area contributed by atoms with Crippen LogP contribution in [0.4, 0.5) is 10.1 Å². The summed E-state index contributed by atoms with van der Waals surface area (Å²) >= 11 is 1.60. The van der Waals surface area contributed by atoms with E-state index in [1.54, 1.807) is 17.8 Å². The normalized spacial score (nSPS) is 17.1. The number of fused-ring (bicyclic) bond motifs is 1. The molecule has 2 nitrogen and oxygen atoms in total. The van der Waals surface area contributed by atoms with Crippen LogP contribution in [0.5, 0.6) is 5.75 Å². The highest BCUT2D eigenvalue weighted by molar-refractivity contribution is 7.99. The van der Waals surface area contributed by atoms with E-state index in [1.807, 2.05) is 37.3 Å². The maximum Gasteiger partial charge on any atom is 0.137 e. The second kappa shape index (κ2) is 6.39. The van der Waals surface area contributed by atoms with E-state index in [9.17, 15) is 4.39 Å². The molecule has 4 heteroatoms. The molecule has 0 fully saturated rings. The average Bonchev–Trinajstić information content (AvgIpc) is 2.49. The summed E-state index contributed by atoms with van der Waals surface area (Å²) in [5, 5.41) is 3.50. The smallest absolute Gasteiger partial charge is 0.137 e. The first kappa shape index (κ1) is 14.3. The molecule has 0 bridgehead atoms. The Morgan fingerprint density at radius 1 is 1.29 bits per heavy atom. The highest BCUT2D eigenvalue weighted by Gasteiger charge is 2.22. The van der Waals surface area contributed by atoms with Crippen LogP contribution in [0.3, 0.4) is 0 Å². The standard InChI is InChI=1S/C17H18FNOS/c1-2-20-13-6-3-5-12(11-13)19-16-9-10-21-17-14(16)7-4-8-15(17)18/h3-8,11,16,19H,2,9-10H2,1H3. The van der Waals surface area contributed by atoms with Crippen molar-refractivity contribution in [3.8, 4) is 5.75 Å². The van der Waals surface area contributed by atoms with Crippen molar-refractivity contribution in [1.82, 2.24) is 0 Å². The van der Waals surface area contributed by atoms with Crippen LogP contribution in [0.1, 0.15) is 24.9 Å². The molecule has 1 N–H and O–H groups in total. The predicted octanol–water partition coefficient (Wildman–Crippen LogP) is 4.87. The second-order valence-corrected chi connectivity index (χ2v) is 6.06. The van der Waals surface area contributed by atoms with Gasteiger partial charge in [-0.05, 0) is 37.1 Å². The van der Waals surface area contributed by atoms with E-state index < -0.39 is 0 Å². The third kappa shape index (κ3) is 3.16. The number of halogens is 1. The van der Waals surface area contributed by atoms with Crippen LogP contribution in [0.2, 0.25) is 0 Å². The van der Waals surface area contributed by atoms with Gasteiger partial charge in [0.2, 0.25) is 0 Å². The fourth-order valence-electron chi connectivity index (χ4n) is 2.58. The quantitative estimate of drug-likeness (QED) is 0.870. The molecule has 1 atom stereocenters. The summed E-state index contributed by atoms with van der Waals surface area (Å²) in [5.41, 5.74) is 2.06. The predicted molar refractivity (Wildman–Crippen MR) is 85.7 cm³/mol. The number of benzene rings is 2. The highest BCUT2D eigenvalue weighted by Crippen LogP contribution is 2.39. The molecular weight excluding hydrogens is 285 g/mol. The lowest BCUT2D eigenvalue weighted by Gasteiger charge is -2.27. The van der Waals surface area contributed by atoms with Crippen molar-refractivity contribution in [3.63, 3.8) is 0 Å². The van der Waals surface area contributed by atoms with Gasteiger partial charge in [0.15, 0.2) is 0 Å². The summed E-state index contributed by atoms with van der Waals surface area (Å²) in [4.78, 5) is 0.780. The summed E-state index contributed by atoms with van der Waals surface area (Å²) in [5.74, 6) is 1.66. The van der Waals surface area contributed by atoms with Gasteiger partial charge in [0.05, 0.1) is 12.6 Å². The Morgan fingerprint density at radius 3 is 3.00 bits per heavy atom. The number of anilines is 1. The minimum absolute atomic E-state index is 0.118. The number of thioether (sulfide) groups is 1. The van der Waals surface area contributed by atoms with Crippen molar-refractivity contribution < 1.29 is 9.13 Å². The van der Waals surface area contributed by atoms with Crippen molar-refractivity contribution in [2.75, 3.05) is 17.7 Å². The van der Waals surface area contributed by atoms with Crippen molar-refractivity contribution in [1.29, 1.82) is 0 Å². The van der Waals surface area contributed by atoms with Gasteiger partial charge in [-0.1, -0.05) is 18.2 Å². The van der Waals surface area contributed by atoms with Crippen molar-refractivity contribution in [3.05, 3.63) is 53.8 Å². The molecule has 2 aromatic carbocycles. The molecule has 0 radical (unpaired) electrons. The fourth-order valence-corrected chi connectivity index (χ4v) is 3.72. The SMILES string of the molecule is CCOc1cccc(NC2CCSc3c(F)cccc32)c1. The summed E-state index contributed by atoms with van der Waals surface area (Å²) < 4.78 is 19.4. The zero-order valence-corrected chi connectivity index (χ0v) is 12.8. The first-order chi connectivity index (χ1) is 10.3. The molecule has 3 rings (SSSR count). The lowest BCUT2D eigenvalue weighted by Crippen LogP contribution is -2.16. The lowest BCUT2D eigenvalue weighted by atomic mass is 10.0. The minimum atomic E-state index is -0.118. The van der Waals surface area contributed by atoms with Gasteiger partial charge in [0.1, 0.15) is 11.6 Å². The first-order valence-electron chi connectivity index (χ1n) is 7.18. The van der Waals surface area contributed by atoms with E-state index in [0.717, 1.165) is 34.1 Å². The molecule has 1 heterocycles. The van der Waals surface area contributed by atoms with Crippen LogP contribution in [-0.4, -0.2) is 12.4 Å². The number of nitrogens with one attached hydrogen (secondary N) is 1. The number of hydrogen-bond acceptors (Lipinski definition) is 3. The Morgan fingerprint density at radius 2 is 2.14 bits per heavy atom. The van der Waals surface area contributed by atoms with Crippen molar-refractivity contribution >= 4 is 17.4 Å². The lowest BCUT2D eigenvalue weighted by molar-refractivity contribution is 0.340. The van der Waals surface area contributed by atoms with E-state index in [0.29, 0.717) is 6.61 Å². The van der Waals surface area contributed by atoms with Crippen molar-refractivity contribution in [2.24, 2.45) is 0 Å². The average molecular weight is 303 g/mol. The monoisotopic (exact) mass is 303 g/mol. The van der Waals surface area contributed by atoms with E-state index in [1.165, 1.54) is 6.07 Å². The zero-order valence-electron chi connectivity index (χ0n) is 11.9.